The summed E-state index contributed by atoms with van der Waals surface area (Å²) in [7, 11) is 0. The molecule has 0 aliphatic rings. The van der Waals surface area contributed by atoms with E-state index in [1.165, 1.54) is 0 Å². The second-order valence-corrected chi connectivity index (χ2v) is 6.37. The molecule has 0 amide bonds. The van der Waals surface area contributed by atoms with Gasteiger partial charge in [0.05, 0.1) is 16.6 Å². The summed E-state index contributed by atoms with van der Waals surface area (Å²) in [5.74, 6) is 0.659. The summed E-state index contributed by atoms with van der Waals surface area (Å²) in [6, 6.07) is 10.8. The van der Waals surface area contributed by atoms with Crippen LogP contribution in [0.25, 0.3) is 22.4 Å². The highest BCUT2D eigenvalue weighted by Crippen LogP contribution is 2.33. The van der Waals surface area contributed by atoms with Gasteiger partial charge >= 0.3 is 0 Å². The summed E-state index contributed by atoms with van der Waals surface area (Å²) in [6.07, 6.45) is 0. The Balaban J connectivity index is 2.24. The molecule has 0 saturated carbocycles. The van der Waals surface area contributed by atoms with Crippen molar-refractivity contribution in [3.8, 4) is 11.4 Å². The standard InChI is InChI=1S/C16H14Cl2N2O/c1-16(2,21)12-5-3-9(17)7-11(12)15-19-13-6-4-10(18)8-14(13)20-15/h3-8,21H,1-2H3,(H,19,20). The topological polar surface area (TPSA) is 48.9 Å². The Labute approximate surface area is 132 Å². The molecule has 0 aliphatic carbocycles. The van der Waals surface area contributed by atoms with E-state index < -0.39 is 5.60 Å². The predicted octanol–water partition coefficient (Wildman–Crippen LogP) is 4.76. The van der Waals surface area contributed by atoms with Crippen LogP contribution >= 0.6 is 23.2 Å². The number of nitrogens with zero attached hydrogens (tertiary/aromatic N) is 1. The Morgan fingerprint density at radius 3 is 2.43 bits per heavy atom. The molecule has 0 unspecified atom stereocenters. The molecule has 3 aromatic rings. The zero-order valence-corrected chi connectivity index (χ0v) is 13.1. The molecule has 0 aliphatic heterocycles. The maximum Gasteiger partial charge on any atom is 0.138 e. The molecular weight excluding hydrogens is 307 g/mol. The number of benzene rings is 2. The van der Waals surface area contributed by atoms with Gasteiger partial charge in [0.15, 0.2) is 0 Å². The lowest BCUT2D eigenvalue weighted by molar-refractivity contribution is 0.0791. The molecule has 0 bridgehead atoms. The fourth-order valence-electron chi connectivity index (χ4n) is 2.36. The molecule has 21 heavy (non-hydrogen) atoms. The van der Waals surface area contributed by atoms with Gasteiger partial charge in [-0.1, -0.05) is 29.3 Å². The highest BCUT2D eigenvalue weighted by atomic mass is 35.5. The average molecular weight is 321 g/mol. The summed E-state index contributed by atoms with van der Waals surface area (Å²) in [6.45, 7) is 3.47. The second kappa shape index (κ2) is 5.02. The molecule has 2 N–H and O–H groups in total. The van der Waals surface area contributed by atoms with E-state index in [4.69, 9.17) is 23.2 Å². The fourth-order valence-corrected chi connectivity index (χ4v) is 2.70. The van der Waals surface area contributed by atoms with E-state index in [9.17, 15) is 5.11 Å². The normalized spacial score (nSPS) is 12.0. The van der Waals surface area contributed by atoms with Crippen molar-refractivity contribution in [1.82, 2.24) is 9.97 Å². The molecule has 2 aromatic carbocycles. The van der Waals surface area contributed by atoms with E-state index in [0.29, 0.717) is 15.9 Å². The zero-order valence-electron chi connectivity index (χ0n) is 11.6. The highest BCUT2D eigenvalue weighted by Gasteiger charge is 2.22. The van der Waals surface area contributed by atoms with Gasteiger partial charge in [0.1, 0.15) is 5.82 Å². The van der Waals surface area contributed by atoms with Gasteiger partial charge in [-0.05, 0) is 49.7 Å². The second-order valence-electron chi connectivity index (χ2n) is 5.50. The summed E-state index contributed by atoms with van der Waals surface area (Å²) < 4.78 is 0. The van der Waals surface area contributed by atoms with E-state index in [-0.39, 0.29) is 0 Å². The maximum absolute atomic E-state index is 10.3. The van der Waals surface area contributed by atoms with Crippen molar-refractivity contribution in [3.63, 3.8) is 0 Å². The number of hydrogen-bond donors (Lipinski definition) is 2. The molecule has 0 atom stereocenters. The van der Waals surface area contributed by atoms with Crippen LogP contribution in [0.1, 0.15) is 19.4 Å². The third-order valence-corrected chi connectivity index (χ3v) is 3.81. The number of nitrogens with one attached hydrogen (secondary N) is 1. The van der Waals surface area contributed by atoms with Crippen LogP contribution < -0.4 is 0 Å². The predicted molar refractivity (Wildman–Crippen MR) is 86.8 cm³/mol. The van der Waals surface area contributed by atoms with Gasteiger partial charge in [-0.25, -0.2) is 4.98 Å². The van der Waals surface area contributed by atoms with Crippen LogP contribution in [0.3, 0.4) is 0 Å². The van der Waals surface area contributed by atoms with Gasteiger partial charge in [-0.2, -0.15) is 0 Å². The van der Waals surface area contributed by atoms with Gasteiger partial charge in [0.2, 0.25) is 0 Å². The van der Waals surface area contributed by atoms with E-state index in [1.807, 2.05) is 18.2 Å². The minimum atomic E-state index is -0.990. The first-order valence-electron chi connectivity index (χ1n) is 6.52. The summed E-state index contributed by atoms with van der Waals surface area (Å²) in [4.78, 5) is 7.78. The minimum absolute atomic E-state index is 0.594. The third-order valence-electron chi connectivity index (χ3n) is 3.34. The first-order chi connectivity index (χ1) is 9.84. The SMILES string of the molecule is CC(C)(O)c1ccc(Cl)cc1-c1nc2ccc(Cl)cc2[nH]1. The number of imidazole rings is 1. The van der Waals surface area contributed by atoms with E-state index in [1.54, 1.807) is 32.0 Å². The lowest BCUT2D eigenvalue weighted by Gasteiger charge is -2.21. The van der Waals surface area contributed by atoms with E-state index in [0.717, 1.165) is 22.2 Å². The van der Waals surface area contributed by atoms with Crippen molar-refractivity contribution in [2.24, 2.45) is 0 Å². The lowest BCUT2D eigenvalue weighted by atomic mass is 9.93. The lowest BCUT2D eigenvalue weighted by Crippen LogP contribution is -2.17. The van der Waals surface area contributed by atoms with Crippen LogP contribution in [-0.4, -0.2) is 15.1 Å². The number of rotatable bonds is 2. The van der Waals surface area contributed by atoms with Crippen molar-refractivity contribution in [1.29, 1.82) is 0 Å². The van der Waals surface area contributed by atoms with Crippen LogP contribution in [0.5, 0.6) is 0 Å². The monoisotopic (exact) mass is 320 g/mol. The van der Waals surface area contributed by atoms with Crippen molar-refractivity contribution in [2.45, 2.75) is 19.4 Å². The van der Waals surface area contributed by atoms with Crippen LogP contribution in [0.4, 0.5) is 0 Å². The molecule has 1 aromatic heterocycles. The van der Waals surface area contributed by atoms with Gasteiger partial charge in [0.25, 0.3) is 0 Å². The van der Waals surface area contributed by atoms with Crippen LogP contribution in [0.15, 0.2) is 36.4 Å². The summed E-state index contributed by atoms with van der Waals surface area (Å²) >= 11 is 12.1. The number of aliphatic hydroxyl groups is 1. The molecule has 0 radical (unpaired) electrons. The largest absolute Gasteiger partial charge is 0.386 e. The Morgan fingerprint density at radius 1 is 1.05 bits per heavy atom. The Morgan fingerprint density at radius 2 is 1.71 bits per heavy atom. The summed E-state index contributed by atoms with van der Waals surface area (Å²) in [5.41, 5.74) is 2.21. The van der Waals surface area contributed by atoms with Gasteiger partial charge in [-0.15, -0.1) is 0 Å². The van der Waals surface area contributed by atoms with Crippen LogP contribution in [0, 0.1) is 0 Å². The van der Waals surface area contributed by atoms with Crippen LogP contribution in [0.2, 0.25) is 10.0 Å². The van der Waals surface area contributed by atoms with E-state index in [2.05, 4.69) is 9.97 Å². The minimum Gasteiger partial charge on any atom is -0.386 e. The molecule has 1 heterocycles. The zero-order chi connectivity index (χ0) is 15.2. The number of H-pyrrole nitrogens is 1. The van der Waals surface area contributed by atoms with Gasteiger partial charge in [-0.3, -0.25) is 0 Å². The smallest absolute Gasteiger partial charge is 0.138 e. The molecule has 3 rings (SSSR count). The highest BCUT2D eigenvalue weighted by molar-refractivity contribution is 6.31. The molecule has 3 nitrogen and oxygen atoms in total. The summed E-state index contributed by atoms with van der Waals surface area (Å²) in [5, 5.41) is 11.6. The third kappa shape index (κ3) is 2.77. The molecule has 0 fully saturated rings. The quantitative estimate of drug-likeness (QED) is 0.714. The number of halogens is 2. The molecule has 0 spiro atoms. The molecule has 5 heteroatoms. The molecular formula is C16H14Cl2N2O. The Kier molecular flexibility index (Phi) is 3.44. The fraction of sp³-hybridized carbons (Fsp3) is 0.188. The average Bonchev–Trinajstić information content (AvgIpc) is 2.80. The van der Waals surface area contributed by atoms with E-state index >= 15 is 0 Å². The van der Waals surface area contributed by atoms with Crippen molar-refractivity contribution < 1.29 is 5.11 Å². The molecule has 0 saturated heterocycles. The Hall–Kier alpha value is -1.55. The van der Waals surface area contributed by atoms with Gasteiger partial charge in [0, 0.05) is 15.6 Å². The maximum atomic E-state index is 10.3. The number of hydrogen-bond acceptors (Lipinski definition) is 2. The van der Waals surface area contributed by atoms with Crippen molar-refractivity contribution in [3.05, 3.63) is 52.0 Å². The number of aromatic nitrogens is 2. The number of aromatic amines is 1. The van der Waals surface area contributed by atoms with Gasteiger partial charge < -0.3 is 10.1 Å². The van der Waals surface area contributed by atoms with Crippen LogP contribution in [-0.2, 0) is 5.60 Å². The molecule has 108 valence electrons. The van der Waals surface area contributed by atoms with Crippen molar-refractivity contribution in [2.75, 3.05) is 0 Å². The number of fused-ring (bicyclic) bond motifs is 1. The Bertz CT molecular complexity index is 819. The van der Waals surface area contributed by atoms with Crippen molar-refractivity contribution >= 4 is 34.2 Å². The first-order valence-corrected chi connectivity index (χ1v) is 7.28. The first kappa shape index (κ1) is 14.4.